The number of unbranched alkanes of at least 4 members (excludes halogenated alkanes) is 3. The highest BCUT2D eigenvalue weighted by Crippen LogP contribution is 2.25. The molecule has 1 aliphatic rings. The molecule has 2 aromatic rings. The number of nitrogens with two attached hydrogens (primary N) is 1. The number of hydrogen-bond acceptors (Lipinski definition) is 7. The van der Waals surface area contributed by atoms with Crippen molar-refractivity contribution >= 4 is 22.9 Å². The Labute approximate surface area is 160 Å². The minimum Gasteiger partial charge on any atom is -0.468 e. The third kappa shape index (κ3) is 5.00. The van der Waals surface area contributed by atoms with Crippen molar-refractivity contribution in [2.45, 2.75) is 70.9 Å². The van der Waals surface area contributed by atoms with Crippen molar-refractivity contribution < 1.29 is 9.47 Å². The number of hydrogen-bond donors (Lipinski definition) is 2. The Balaban J connectivity index is 1.64. The van der Waals surface area contributed by atoms with Crippen molar-refractivity contribution in [2.75, 3.05) is 31.3 Å². The minimum atomic E-state index is 0.384. The van der Waals surface area contributed by atoms with Crippen LogP contribution in [0.2, 0.25) is 0 Å². The zero-order valence-corrected chi connectivity index (χ0v) is 16.5. The lowest BCUT2D eigenvalue weighted by molar-refractivity contribution is 0.102. The third-order valence-corrected chi connectivity index (χ3v) is 5.01. The van der Waals surface area contributed by atoms with Crippen molar-refractivity contribution in [3.8, 4) is 6.01 Å². The molecule has 1 unspecified atom stereocenters. The summed E-state index contributed by atoms with van der Waals surface area (Å²) >= 11 is 0. The molecular formula is C19H32N6O2. The van der Waals surface area contributed by atoms with Crippen molar-refractivity contribution in [1.82, 2.24) is 19.5 Å². The second-order valence-corrected chi connectivity index (χ2v) is 7.12. The Morgan fingerprint density at radius 1 is 1.22 bits per heavy atom. The first kappa shape index (κ1) is 19.7. The fraction of sp³-hybridized carbons (Fsp3) is 0.737. The van der Waals surface area contributed by atoms with Crippen LogP contribution in [0.3, 0.4) is 0 Å². The normalized spacial score (nSPS) is 16.9. The molecule has 0 amide bonds. The molecule has 3 rings (SSSR count). The van der Waals surface area contributed by atoms with E-state index in [4.69, 9.17) is 15.2 Å². The van der Waals surface area contributed by atoms with Crippen molar-refractivity contribution in [2.24, 2.45) is 0 Å². The SMILES string of the molecule is CCCCNc1nc(N)c2nc(OC)n(CCCCCC3CCCO3)c2n1. The molecule has 0 spiro atoms. The summed E-state index contributed by atoms with van der Waals surface area (Å²) in [5, 5.41) is 3.24. The molecule has 0 saturated carbocycles. The summed E-state index contributed by atoms with van der Waals surface area (Å²) in [6.45, 7) is 4.71. The molecule has 0 radical (unpaired) electrons. The second kappa shape index (κ2) is 9.73. The van der Waals surface area contributed by atoms with Crippen LogP contribution in [-0.4, -0.2) is 45.9 Å². The number of nitrogens with one attached hydrogen (secondary N) is 1. The van der Waals surface area contributed by atoms with E-state index in [2.05, 4.69) is 27.2 Å². The van der Waals surface area contributed by atoms with Crippen LogP contribution >= 0.6 is 0 Å². The maximum absolute atomic E-state index is 6.11. The van der Waals surface area contributed by atoms with Crippen LogP contribution in [0, 0.1) is 0 Å². The molecule has 8 heteroatoms. The average molecular weight is 377 g/mol. The molecule has 1 atom stereocenters. The zero-order valence-electron chi connectivity index (χ0n) is 16.5. The van der Waals surface area contributed by atoms with E-state index in [0.717, 1.165) is 57.4 Å². The van der Waals surface area contributed by atoms with E-state index in [9.17, 15) is 0 Å². The van der Waals surface area contributed by atoms with Crippen LogP contribution in [0.25, 0.3) is 11.2 Å². The minimum absolute atomic E-state index is 0.384. The Hall–Kier alpha value is -2.09. The maximum atomic E-state index is 6.11. The van der Waals surface area contributed by atoms with E-state index < -0.39 is 0 Å². The van der Waals surface area contributed by atoms with Gasteiger partial charge in [0.05, 0.1) is 13.2 Å². The molecule has 0 aliphatic carbocycles. The number of methoxy groups -OCH3 is 1. The Kier molecular flexibility index (Phi) is 7.09. The number of nitrogens with zero attached hydrogens (tertiary/aromatic N) is 4. The van der Waals surface area contributed by atoms with Crippen LogP contribution < -0.4 is 15.8 Å². The van der Waals surface area contributed by atoms with Crippen LogP contribution in [0.15, 0.2) is 0 Å². The van der Waals surface area contributed by atoms with Gasteiger partial charge in [-0.3, -0.25) is 4.57 Å². The number of ether oxygens (including phenoxy) is 2. The van der Waals surface area contributed by atoms with Crippen molar-refractivity contribution in [3.05, 3.63) is 0 Å². The second-order valence-electron chi connectivity index (χ2n) is 7.12. The number of nitrogen functional groups attached to an aromatic ring is 1. The molecule has 3 heterocycles. The lowest BCUT2D eigenvalue weighted by Gasteiger charge is -2.10. The highest BCUT2D eigenvalue weighted by molar-refractivity contribution is 5.84. The predicted molar refractivity (Wildman–Crippen MR) is 107 cm³/mol. The largest absolute Gasteiger partial charge is 0.468 e. The van der Waals surface area contributed by atoms with Gasteiger partial charge in [-0.1, -0.05) is 26.2 Å². The predicted octanol–water partition coefficient (Wildman–Crippen LogP) is 3.37. The fourth-order valence-corrected chi connectivity index (χ4v) is 3.51. The summed E-state index contributed by atoms with van der Waals surface area (Å²) in [7, 11) is 1.62. The van der Waals surface area contributed by atoms with E-state index in [1.807, 2.05) is 4.57 Å². The van der Waals surface area contributed by atoms with Crippen LogP contribution in [0.5, 0.6) is 6.01 Å². The third-order valence-electron chi connectivity index (χ3n) is 5.01. The molecule has 150 valence electrons. The molecule has 8 nitrogen and oxygen atoms in total. The number of aryl methyl sites for hydroxylation is 1. The van der Waals surface area contributed by atoms with Gasteiger partial charge in [0, 0.05) is 19.7 Å². The first-order valence-electron chi connectivity index (χ1n) is 10.2. The highest BCUT2D eigenvalue weighted by atomic mass is 16.5. The lowest BCUT2D eigenvalue weighted by atomic mass is 10.1. The van der Waals surface area contributed by atoms with Gasteiger partial charge in [0.2, 0.25) is 5.95 Å². The molecule has 0 bridgehead atoms. The van der Waals surface area contributed by atoms with Gasteiger partial charge in [0.25, 0.3) is 6.01 Å². The molecule has 1 fully saturated rings. The van der Waals surface area contributed by atoms with Gasteiger partial charge < -0.3 is 20.5 Å². The van der Waals surface area contributed by atoms with E-state index in [1.165, 1.54) is 19.3 Å². The van der Waals surface area contributed by atoms with E-state index in [1.54, 1.807) is 7.11 Å². The first-order chi connectivity index (χ1) is 13.2. The van der Waals surface area contributed by atoms with Gasteiger partial charge in [0.1, 0.15) is 0 Å². The summed E-state index contributed by atoms with van der Waals surface area (Å²) < 4.78 is 13.1. The van der Waals surface area contributed by atoms with Crippen molar-refractivity contribution in [3.63, 3.8) is 0 Å². The summed E-state index contributed by atoms with van der Waals surface area (Å²) in [6.07, 6.45) is 9.59. The summed E-state index contributed by atoms with van der Waals surface area (Å²) in [5.41, 5.74) is 7.45. The number of anilines is 2. The van der Waals surface area contributed by atoms with Crippen LogP contribution in [0.4, 0.5) is 11.8 Å². The van der Waals surface area contributed by atoms with E-state index in [-0.39, 0.29) is 0 Å². The monoisotopic (exact) mass is 376 g/mol. The first-order valence-corrected chi connectivity index (χ1v) is 10.2. The van der Waals surface area contributed by atoms with Gasteiger partial charge in [-0.25, -0.2) is 0 Å². The van der Waals surface area contributed by atoms with Gasteiger partial charge in [-0.05, 0) is 32.1 Å². The molecular weight excluding hydrogens is 344 g/mol. The molecule has 1 saturated heterocycles. The molecule has 2 aromatic heterocycles. The Morgan fingerprint density at radius 3 is 2.85 bits per heavy atom. The quantitative estimate of drug-likeness (QED) is 0.580. The number of aromatic nitrogens is 4. The maximum Gasteiger partial charge on any atom is 0.298 e. The summed E-state index contributed by atoms with van der Waals surface area (Å²) in [4.78, 5) is 13.4. The molecule has 1 aliphatic heterocycles. The highest BCUT2D eigenvalue weighted by Gasteiger charge is 2.18. The Bertz CT molecular complexity index is 727. The number of imidazole rings is 1. The molecule has 0 aromatic carbocycles. The average Bonchev–Trinajstić information content (AvgIpc) is 3.30. The van der Waals surface area contributed by atoms with Gasteiger partial charge in [-0.2, -0.15) is 15.0 Å². The molecule has 3 N–H and O–H groups in total. The summed E-state index contributed by atoms with van der Waals surface area (Å²) in [6, 6.07) is 0.538. The smallest absolute Gasteiger partial charge is 0.298 e. The number of rotatable bonds is 11. The van der Waals surface area contributed by atoms with Crippen molar-refractivity contribution in [1.29, 1.82) is 0 Å². The van der Waals surface area contributed by atoms with Gasteiger partial charge in [0.15, 0.2) is 17.0 Å². The Morgan fingerprint density at radius 2 is 2.11 bits per heavy atom. The topological polar surface area (TPSA) is 100 Å². The van der Waals surface area contributed by atoms with Crippen LogP contribution in [-0.2, 0) is 11.3 Å². The number of fused-ring (bicyclic) bond motifs is 1. The van der Waals surface area contributed by atoms with Gasteiger partial charge in [-0.15, -0.1) is 0 Å². The van der Waals surface area contributed by atoms with E-state index >= 15 is 0 Å². The van der Waals surface area contributed by atoms with E-state index in [0.29, 0.717) is 29.4 Å². The molecule has 27 heavy (non-hydrogen) atoms. The van der Waals surface area contributed by atoms with Crippen LogP contribution in [0.1, 0.15) is 58.3 Å². The lowest BCUT2D eigenvalue weighted by Crippen LogP contribution is -2.09. The fourth-order valence-electron chi connectivity index (χ4n) is 3.51. The van der Waals surface area contributed by atoms with Gasteiger partial charge >= 0.3 is 0 Å². The summed E-state index contributed by atoms with van der Waals surface area (Å²) in [5.74, 6) is 0.935. The standard InChI is InChI=1S/C19H32N6O2/c1-3-4-11-21-18-23-16(20)15-17(24-18)25(19(22-15)26-2)12-7-5-6-9-14-10-8-13-27-14/h14H,3-13H2,1-2H3,(H3,20,21,23,24). The zero-order chi connectivity index (χ0) is 19.1.